The smallest absolute Gasteiger partial charge is 0.0909 e. The minimum absolute atomic E-state index is 0.0494. The van der Waals surface area contributed by atoms with E-state index in [0.717, 1.165) is 8.58 Å². The zero-order chi connectivity index (χ0) is 10.6. The van der Waals surface area contributed by atoms with Crippen molar-refractivity contribution in [1.29, 1.82) is 0 Å². The summed E-state index contributed by atoms with van der Waals surface area (Å²) in [7, 11) is 0.768. The molecule has 2 atom stereocenters. The SMILES string of the molecule is C=C(PC)C(C)(C)C(C)N=C(C)N. The third-order valence-electron chi connectivity index (χ3n) is 2.52. The first-order valence-electron chi connectivity index (χ1n) is 4.49. The van der Waals surface area contributed by atoms with Crippen molar-refractivity contribution in [1.82, 2.24) is 0 Å². The molecule has 2 unspecified atom stereocenters. The zero-order valence-electron chi connectivity index (χ0n) is 9.31. The molecule has 2 nitrogen and oxygen atoms in total. The highest BCUT2D eigenvalue weighted by atomic mass is 31.1. The van der Waals surface area contributed by atoms with Gasteiger partial charge in [0, 0.05) is 5.41 Å². The largest absolute Gasteiger partial charge is 0.388 e. The van der Waals surface area contributed by atoms with Crippen LogP contribution in [0.5, 0.6) is 0 Å². The molecule has 0 radical (unpaired) electrons. The minimum Gasteiger partial charge on any atom is -0.388 e. The van der Waals surface area contributed by atoms with Crippen molar-refractivity contribution in [3.63, 3.8) is 0 Å². The molecule has 0 spiro atoms. The van der Waals surface area contributed by atoms with Crippen molar-refractivity contribution in [2.24, 2.45) is 16.1 Å². The molecule has 0 rings (SSSR count). The summed E-state index contributed by atoms with van der Waals surface area (Å²) in [6.45, 7) is 14.5. The number of rotatable bonds is 4. The van der Waals surface area contributed by atoms with Gasteiger partial charge in [0.2, 0.25) is 0 Å². The second kappa shape index (κ2) is 4.76. The lowest BCUT2D eigenvalue weighted by Crippen LogP contribution is -2.27. The van der Waals surface area contributed by atoms with Crippen LogP contribution in [0.1, 0.15) is 27.7 Å². The standard InChI is InChI=1S/C10H21N2P/c1-7(12-9(3)11)10(4,5)8(2)13-6/h7,13H,2H2,1,3-6H3,(H2,11,12). The molecule has 0 aromatic carbocycles. The van der Waals surface area contributed by atoms with Gasteiger partial charge in [0.1, 0.15) is 0 Å². The normalized spacial score (nSPS) is 16.5. The van der Waals surface area contributed by atoms with Gasteiger partial charge in [-0.3, -0.25) is 4.99 Å². The van der Waals surface area contributed by atoms with Gasteiger partial charge in [-0.25, -0.2) is 0 Å². The van der Waals surface area contributed by atoms with Crippen molar-refractivity contribution in [2.75, 3.05) is 6.66 Å². The predicted molar refractivity (Wildman–Crippen MR) is 63.9 cm³/mol. The first kappa shape index (κ1) is 12.6. The van der Waals surface area contributed by atoms with Gasteiger partial charge in [-0.15, -0.1) is 0 Å². The van der Waals surface area contributed by atoms with E-state index in [-0.39, 0.29) is 11.5 Å². The van der Waals surface area contributed by atoms with Gasteiger partial charge in [0.25, 0.3) is 0 Å². The van der Waals surface area contributed by atoms with Gasteiger partial charge < -0.3 is 5.73 Å². The van der Waals surface area contributed by atoms with Crippen LogP contribution >= 0.6 is 8.58 Å². The highest BCUT2D eigenvalue weighted by Gasteiger charge is 2.27. The van der Waals surface area contributed by atoms with Gasteiger partial charge in [-0.2, -0.15) is 0 Å². The van der Waals surface area contributed by atoms with Crippen LogP contribution in [-0.4, -0.2) is 18.5 Å². The van der Waals surface area contributed by atoms with Crippen LogP contribution in [0, 0.1) is 5.41 Å². The van der Waals surface area contributed by atoms with E-state index in [4.69, 9.17) is 5.73 Å². The average Bonchev–Trinajstić information content (AvgIpc) is 2.01. The Bertz CT molecular complexity index is 215. The van der Waals surface area contributed by atoms with Crippen LogP contribution in [0.4, 0.5) is 0 Å². The zero-order valence-corrected chi connectivity index (χ0v) is 10.3. The molecule has 0 aromatic heterocycles. The molecule has 13 heavy (non-hydrogen) atoms. The van der Waals surface area contributed by atoms with Crippen LogP contribution in [0.2, 0.25) is 0 Å². The number of nitrogens with two attached hydrogens (primary N) is 1. The highest BCUT2D eigenvalue weighted by molar-refractivity contribution is 7.42. The Kier molecular flexibility index (Phi) is 4.63. The third kappa shape index (κ3) is 3.48. The van der Waals surface area contributed by atoms with Crippen molar-refractivity contribution < 1.29 is 0 Å². The lowest BCUT2D eigenvalue weighted by atomic mass is 9.85. The van der Waals surface area contributed by atoms with E-state index in [2.05, 4.69) is 39.0 Å². The molecule has 3 heteroatoms. The molecular formula is C10H21N2P. The number of hydrogen-bond donors (Lipinski definition) is 1. The summed E-state index contributed by atoms with van der Waals surface area (Å²) in [5.41, 5.74) is 5.60. The van der Waals surface area contributed by atoms with E-state index in [9.17, 15) is 0 Å². The predicted octanol–water partition coefficient (Wildman–Crippen LogP) is 2.60. The number of nitrogens with zero attached hydrogens (tertiary/aromatic N) is 1. The quantitative estimate of drug-likeness (QED) is 0.423. The van der Waals surface area contributed by atoms with Crippen LogP contribution in [0.3, 0.4) is 0 Å². The summed E-state index contributed by atoms with van der Waals surface area (Å²) < 4.78 is 0. The molecule has 0 heterocycles. The lowest BCUT2D eigenvalue weighted by molar-refractivity contribution is 0.389. The Morgan fingerprint density at radius 2 is 2.00 bits per heavy atom. The van der Waals surface area contributed by atoms with Gasteiger partial charge in [0.05, 0.1) is 11.9 Å². The molecule has 0 bridgehead atoms. The second-order valence-corrected chi connectivity index (χ2v) is 5.00. The summed E-state index contributed by atoms with van der Waals surface area (Å²) in [6.07, 6.45) is 0. The molecule has 0 amide bonds. The van der Waals surface area contributed by atoms with Crippen LogP contribution < -0.4 is 5.73 Å². The number of amidine groups is 1. The Morgan fingerprint density at radius 3 is 2.31 bits per heavy atom. The first-order valence-corrected chi connectivity index (χ1v) is 5.99. The summed E-state index contributed by atoms with van der Waals surface area (Å²) >= 11 is 0. The fraction of sp³-hybridized carbons (Fsp3) is 0.700. The molecule has 0 saturated carbocycles. The maximum Gasteiger partial charge on any atom is 0.0909 e. The highest BCUT2D eigenvalue weighted by Crippen LogP contribution is 2.39. The molecule has 0 aliphatic carbocycles. The molecular weight excluding hydrogens is 179 g/mol. The minimum atomic E-state index is 0.0494. The Balaban J connectivity index is 4.63. The van der Waals surface area contributed by atoms with E-state index in [1.54, 1.807) is 0 Å². The fourth-order valence-electron chi connectivity index (χ4n) is 1.04. The van der Waals surface area contributed by atoms with Crippen LogP contribution in [0.25, 0.3) is 0 Å². The van der Waals surface area contributed by atoms with E-state index < -0.39 is 0 Å². The molecule has 76 valence electrons. The summed E-state index contributed by atoms with van der Waals surface area (Å²) in [6, 6.07) is 0.206. The van der Waals surface area contributed by atoms with Crippen molar-refractivity contribution in [2.45, 2.75) is 33.7 Å². The maximum atomic E-state index is 5.55. The topological polar surface area (TPSA) is 38.4 Å². The molecule has 0 aromatic rings. The summed E-state index contributed by atoms with van der Waals surface area (Å²) in [4.78, 5) is 4.36. The molecule has 0 aliphatic rings. The summed E-state index contributed by atoms with van der Waals surface area (Å²) in [5.74, 6) is 0.646. The van der Waals surface area contributed by atoms with Gasteiger partial charge in [-0.05, 0) is 25.8 Å². The molecule has 0 saturated heterocycles. The number of aliphatic imine (C=N–C) groups is 1. The average molecular weight is 200 g/mol. The van der Waals surface area contributed by atoms with Crippen molar-refractivity contribution >= 4 is 14.4 Å². The Morgan fingerprint density at radius 1 is 1.54 bits per heavy atom. The van der Waals surface area contributed by atoms with E-state index in [0.29, 0.717) is 5.84 Å². The van der Waals surface area contributed by atoms with Crippen LogP contribution in [0.15, 0.2) is 16.9 Å². The van der Waals surface area contributed by atoms with E-state index in [1.165, 1.54) is 5.31 Å². The van der Waals surface area contributed by atoms with Gasteiger partial charge in [0.15, 0.2) is 0 Å². The Labute approximate surface area is 83.5 Å². The Hall–Kier alpha value is -0.360. The van der Waals surface area contributed by atoms with E-state index in [1.807, 2.05) is 6.92 Å². The second-order valence-electron chi connectivity index (χ2n) is 3.90. The van der Waals surface area contributed by atoms with Crippen LogP contribution in [-0.2, 0) is 0 Å². The fourth-order valence-corrected chi connectivity index (χ4v) is 1.89. The summed E-state index contributed by atoms with van der Waals surface area (Å²) in [5, 5.41) is 1.25. The monoisotopic (exact) mass is 200 g/mol. The molecule has 0 fully saturated rings. The van der Waals surface area contributed by atoms with Gasteiger partial charge in [-0.1, -0.05) is 29.0 Å². The molecule has 2 N–H and O–H groups in total. The van der Waals surface area contributed by atoms with Crippen molar-refractivity contribution in [3.05, 3.63) is 11.9 Å². The van der Waals surface area contributed by atoms with Crippen molar-refractivity contribution in [3.8, 4) is 0 Å². The van der Waals surface area contributed by atoms with Gasteiger partial charge >= 0.3 is 0 Å². The number of hydrogen-bond acceptors (Lipinski definition) is 1. The lowest BCUT2D eigenvalue weighted by Gasteiger charge is -2.31. The third-order valence-corrected chi connectivity index (χ3v) is 3.77. The molecule has 0 aliphatic heterocycles. The maximum absolute atomic E-state index is 5.55. The first-order chi connectivity index (χ1) is 5.82. The van der Waals surface area contributed by atoms with E-state index >= 15 is 0 Å².